The zero-order valence-corrected chi connectivity index (χ0v) is 17.7. The minimum atomic E-state index is -0.568. The third-order valence-corrected chi connectivity index (χ3v) is 6.10. The van der Waals surface area contributed by atoms with Gasteiger partial charge < -0.3 is 15.2 Å². The first kappa shape index (κ1) is 22.4. The van der Waals surface area contributed by atoms with Crippen molar-refractivity contribution in [3.63, 3.8) is 0 Å². The number of aromatic nitrogens is 3. The molecule has 2 N–H and O–H groups in total. The zero-order chi connectivity index (χ0) is 17.4. The molecule has 4 rings (SSSR count). The van der Waals surface area contributed by atoms with Gasteiger partial charge in [-0.1, -0.05) is 6.42 Å². The minimum Gasteiger partial charge on any atom is -0.340 e. The topological polar surface area (TPSA) is 80.3 Å². The number of rotatable bonds is 4. The van der Waals surface area contributed by atoms with Gasteiger partial charge in [0.2, 0.25) is 5.91 Å². The first-order chi connectivity index (χ1) is 12.1. The Kier molecular flexibility index (Phi) is 7.53. The summed E-state index contributed by atoms with van der Waals surface area (Å²) in [6.45, 7) is 4.75. The van der Waals surface area contributed by atoms with Crippen LogP contribution < -0.4 is 5.73 Å². The second-order valence-electron chi connectivity index (χ2n) is 8.12. The Morgan fingerprint density at radius 2 is 1.81 bits per heavy atom. The van der Waals surface area contributed by atoms with Crippen LogP contribution in [-0.2, 0) is 18.4 Å². The summed E-state index contributed by atoms with van der Waals surface area (Å²) >= 11 is 0. The largest absolute Gasteiger partial charge is 0.340 e. The van der Waals surface area contributed by atoms with Crippen LogP contribution in [0, 0.1) is 0 Å². The van der Waals surface area contributed by atoms with E-state index in [1.165, 1.54) is 19.3 Å². The van der Waals surface area contributed by atoms with Crippen LogP contribution in [0.25, 0.3) is 0 Å². The quantitative estimate of drug-likeness (QED) is 0.806. The predicted octanol–water partition coefficient (Wildman–Crippen LogP) is 1.84. The molecule has 154 valence electrons. The van der Waals surface area contributed by atoms with Crippen LogP contribution in [0.3, 0.4) is 0 Å². The number of halogens is 2. The number of nitrogens with zero attached hydrogens (tertiary/aromatic N) is 5. The Labute approximate surface area is 173 Å². The highest BCUT2D eigenvalue weighted by molar-refractivity contribution is 5.89. The summed E-state index contributed by atoms with van der Waals surface area (Å²) in [6.07, 6.45) is 7.65. The van der Waals surface area contributed by atoms with E-state index in [4.69, 9.17) is 5.73 Å². The Balaban J connectivity index is 0.00000131. The number of nitrogens with two attached hydrogens (primary N) is 1. The predicted molar refractivity (Wildman–Crippen MR) is 109 cm³/mol. The van der Waals surface area contributed by atoms with Crippen molar-refractivity contribution in [3.8, 4) is 0 Å². The average molecular weight is 419 g/mol. The average Bonchev–Trinajstić information content (AvgIpc) is 3.30. The van der Waals surface area contributed by atoms with Gasteiger partial charge >= 0.3 is 0 Å². The second-order valence-corrected chi connectivity index (χ2v) is 8.12. The molecule has 9 heteroatoms. The molecule has 1 saturated carbocycles. The first-order valence-electron chi connectivity index (χ1n) is 9.76. The van der Waals surface area contributed by atoms with Gasteiger partial charge in [-0.25, -0.2) is 0 Å². The summed E-state index contributed by atoms with van der Waals surface area (Å²) in [5.74, 6) is 2.46. The Hall–Kier alpha value is -0.890. The van der Waals surface area contributed by atoms with Crippen molar-refractivity contribution >= 4 is 30.7 Å². The summed E-state index contributed by atoms with van der Waals surface area (Å²) in [5.41, 5.74) is 5.55. The molecule has 0 aromatic carbocycles. The number of carbonyl (C=O) groups excluding carboxylic acids is 1. The van der Waals surface area contributed by atoms with E-state index in [1.807, 2.05) is 4.90 Å². The SMILES string of the molecule is Cl.Cl.Cn1c(CN2CCCCC2)nnc1C1CCCN(C(=O)C2(N)CC2)C1. The fourth-order valence-corrected chi connectivity index (χ4v) is 4.22. The highest BCUT2D eigenvalue weighted by atomic mass is 35.5. The van der Waals surface area contributed by atoms with Crippen LogP contribution in [-0.4, -0.2) is 62.2 Å². The molecule has 3 aliphatic rings. The van der Waals surface area contributed by atoms with Gasteiger partial charge in [-0.05, 0) is 51.6 Å². The number of piperidine rings is 2. The Morgan fingerprint density at radius 3 is 2.48 bits per heavy atom. The molecule has 1 amide bonds. The van der Waals surface area contributed by atoms with E-state index in [0.29, 0.717) is 0 Å². The summed E-state index contributed by atoms with van der Waals surface area (Å²) in [7, 11) is 2.07. The van der Waals surface area contributed by atoms with E-state index < -0.39 is 5.54 Å². The number of hydrogen-bond donors (Lipinski definition) is 1. The molecule has 2 aliphatic heterocycles. The van der Waals surface area contributed by atoms with Crippen LogP contribution in [0.2, 0.25) is 0 Å². The number of carbonyl (C=O) groups is 1. The Bertz CT molecular complexity index is 642. The van der Waals surface area contributed by atoms with E-state index in [2.05, 4.69) is 26.7 Å². The maximum atomic E-state index is 12.6. The summed E-state index contributed by atoms with van der Waals surface area (Å²) in [4.78, 5) is 17.0. The van der Waals surface area contributed by atoms with E-state index >= 15 is 0 Å². The van der Waals surface area contributed by atoms with Crippen molar-refractivity contribution < 1.29 is 4.79 Å². The van der Waals surface area contributed by atoms with Crippen LogP contribution in [0.15, 0.2) is 0 Å². The molecule has 3 heterocycles. The van der Waals surface area contributed by atoms with Gasteiger partial charge in [0, 0.05) is 26.1 Å². The van der Waals surface area contributed by atoms with Crippen molar-refractivity contribution in [1.82, 2.24) is 24.6 Å². The smallest absolute Gasteiger partial charge is 0.242 e. The third kappa shape index (κ3) is 4.75. The number of amides is 1. The molecule has 1 unspecified atom stereocenters. The molecule has 1 aliphatic carbocycles. The first-order valence-corrected chi connectivity index (χ1v) is 9.76. The van der Waals surface area contributed by atoms with Gasteiger partial charge in [0.1, 0.15) is 11.6 Å². The molecule has 0 spiro atoms. The van der Waals surface area contributed by atoms with Gasteiger partial charge in [-0.15, -0.1) is 35.0 Å². The molecular formula is C18H32Cl2N6O. The van der Waals surface area contributed by atoms with E-state index in [0.717, 1.165) is 70.1 Å². The standard InChI is InChI=1S/C18H30N6O.2ClH/c1-22-15(13-23-9-3-2-4-10-23)20-21-16(22)14-6-5-11-24(12-14)17(25)18(19)7-8-18;;/h14H,2-13,19H2,1H3;2*1H. The molecule has 2 saturated heterocycles. The maximum absolute atomic E-state index is 12.6. The molecule has 1 atom stereocenters. The second kappa shape index (κ2) is 9.07. The van der Waals surface area contributed by atoms with Crippen LogP contribution in [0.1, 0.15) is 62.5 Å². The van der Waals surface area contributed by atoms with Crippen LogP contribution in [0.5, 0.6) is 0 Å². The molecule has 27 heavy (non-hydrogen) atoms. The summed E-state index contributed by atoms with van der Waals surface area (Å²) < 4.78 is 2.16. The van der Waals surface area contributed by atoms with Gasteiger partial charge in [-0.3, -0.25) is 9.69 Å². The van der Waals surface area contributed by atoms with E-state index in [1.54, 1.807) is 0 Å². The van der Waals surface area contributed by atoms with Crippen molar-refractivity contribution in [3.05, 3.63) is 11.6 Å². The lowest BCUT2D eigenvalue weighted by Gasteiger charge is -2.34. The summed E-state index contributed by atoms with van der Waals surface area (Å²) in [5, 5.41) is 8.95. The van der Waals surface area contributed by atoms with Crippen molar-refractivity contribution in [2.75, 3.05) is 26.2 Å². The van der Waals surface area contributed by atoms with Crippen molar-refractivity contribution in [2.24, 2.45) is 12.8 Å². The van der Waals surface area contributed by atoms with E-state index in [9.17, 15) is 4.79 Å². The molecule has 1 aromatic rings. The number of likely N-dealkylation sites (tertiary alicyclic amines) is 2. The van der Waals surface area contributed by atoms with Gasteiger partial charge in [0.25, 0.3) is 0 Å². The molecule has 0 radical (unpaired) electrons. The molecule has 7 nitrogen and oxygen atoms in total. The van der Waals surface area contributed by atoms with Crippen molar-refractivity contribution in [2.45, 2.75) is 62.9 Å². The zero-order valence-electron chi connectivity index (χ0n) is 16.1. The lowest BCUT2D eigenvalue weighted by molar-refractivity contribution is -0.134. The highest BCUT2D eigenvalue weighted by Gasteiger charge is 2.48. The molecule has 3 fully saturated rings. The molecule has 0 bridgehead atoms. The number of hydrogen-bond acceptors (Lipinski definition) is 5. The van der Waals surface area contributed by atoms with Crippen LogP contribution in [0.4, 0.5) is 0 Å². The molecular weight excluding hydrogens is 387 g/mol. The fourth-order valence-electron chi connectivity index (χ4n) is 4.22. The minimum absolute atomic E-state index is 0. The normalized spacial score (nSPS) is 24.7. The Morgan fingerprint density at radius 1 is 1.11 bits per heavy atom. The van der Waals surface area contributed by atoms with Crippen molar-refractivity contribution in [1.29, 1.82) is 0 Å². The monoisotopic (exact) mass is 418 g/mol. The summed E-state index contributed by atoms with van der Waals surface area (Å²) in [6, 6.07) is 0. The third-order valence-electron chi connectivity index (χ3n) is 6.10. The highest BCUT2D eigenvalue weighted by Crippen LogP contribution is 2.36. The lowest BCUT2D eigenvalue weighted by Crippen LogP contribution is -2.49. The molecule has 1 aromatic heterocycles. The van der Waals surface area contributed by atoms with Gasteiger partial charge in [0.15, 0.2) is 0 Å². The van der Waals surface area contributed by atoms with Crippen LogP contribution >= 0.6 is 24.8 Å². The van der Waals surface area contributed by atoms with E-state index in [-0.39, 0.29) is 36.6 Å². The lowest BCUT2D eigenvalue weighted by atomic mass is 9.96. The van der Waals surface area contributed by atoms with Gasteiger partial charge in [0.05, 0.1) is 12.1 Å². The van der Waals surface area contributed by atoms with Gasteiger partial charge in [-0.2, -0.15) is 0 Å². The maximum Gasteiger partial charge on any atom is 0.242 e. The fraction of sp³-hybridized carbons (Fsp3) is 0.833.